The van der Waals surface area contributed by atoms with Crippen LogP contribution in [0.3, 0.4) is 0 Å². The third kappa shape index (κ3) is 3.76. The predicted octanol–water partition coefficient (Wildman–Crippen LogP) is 1.23. The lowest BCUT2D eigenvalue weighted by molar-refractivity contribution is -0.360. The molecule has 0 spiro atoms. The zero-order valence-electron chi connectivity index (χ0n) is 9.73. The molecule has 1 aromatic rings. The molecule has 7 heteroatoms. The van der Waals surface area contributed by atoms with E-state index in [0.717, 1.165) is 5.56 Å². The third-order valence-corrected chi connectivity index (χ3v) is 3.79. The van der Waals surface area contributed by atoms with Gasteiger partial charge in [0.2, 0.25) is 0 Å². The van der Waals surface area contributed by atoms with Crippen molar-refractivity contribution in [1.29, 1.82) is 0 Å². The Morgan fingerprint density at radius 2 is 2.12 bits per heavy atom. The summed E-state index contributed by atoms with van der Waals surface area (Å²) in [6, 6.07) is 3.14. The van der Waals surface area contributed by atoms with E-state index < -0.39 is 10.0 Å². The van der Waals surface area contributed by atoms with Gasteiger partial charge in [-0.2, -0.15) is 0 Å². The summed E-state index contributed by atoms with van der Waals surface area (Å²) < 4.78 is 31.9. The van der Waals surface area contributed by atoms with Gasteiger partial charge >= 0.3 is 0 Å². The van der Waals surface area contributed by atoms with E-state index in [1.54, 1.807) is 19.1 Å². The summed E-state index contributed by atoms with van der Waals surface area (Å²) in [5.74, 6) is 0.255. The van der Waals surface area contributed by atoms with E-state index in [4.69, 9.17) is 16.3 Å². The number of rotatable bonds is 5. The van der Waals surface area contributed by atoms with Crippen molar-refractivity contribution in [2.24, 2.45) is 0 Å². The lowest BCUT2D eigenvalue weighted by Gasteiger charge is -2.24. The van der Waals surface area contributed by atoms with Crippen molar-refractivity contribution >= 4 is 27.3 Å². The average Bonchev–Trinajstić information content (AvgIpc) is 2.22. The first-order valence-corrected chi connectivity index (χ1v) is 6.97. The Labute approximate surface area is 106 Å². The third-order valence-electron chi connectivity index (χ3n) is 2.10. The van der Waals surface area contributed by atoms with Crippen LogP contribution in [-0.2, 0) is 10.0 Å². The Balaban J connectivity index is 3.10. The van der Waals surface area contributed by atoms with Gasteiger partial charge in [-0.3, -0.25) is 0 Å². The van der Waals surface area contributed by atoms with E-state index in [-0.39, 0.29) is 18.0 Å². The van der Waals surface area contributed by atoms with E-state index in [1.165, 1.54) is 7.11 Å². The van der Waals surface area contributed by atoms with Crippen molar-refractivity contribution in [3.63, 3.8) is 0 Å². The molecule has 0 saturated heterocycles. The number of methoxy groups -OCH3 is 1. The van der Waals surface area contributed by atoms with Gasteiger partial charge in [0.25, 0.3) is 0 Å². The molecule has 0 bridgehead atoms. The summed E-state index contributed by atoms with van der Waals surface area (Å²) in [7, 11) is -2.07. The first-order valence-electron chi connectivity index (χ1n) is 4.98. The largest absolute Gasteiger partial charge is 0.574 e. The van der Waals surface area contributed by atoms with Crippen LogP contribution in [0.5, 0.6) is 5.75 Å². The van der Waals surface area contributed by atoms with Crippen molar-refractivity contribution in [1.82, 2.24) is 0 Å². The lowest BCUT2D eigenvalue weighted by atomic mass is 10.2. The van der Waals surface area contributed by atoms with Crippen LogP contribution >= 0.6 is 11.6 Å². The summed E-state index contributed by atoms with van der Waals surface area (Å²) in [6.45, 7) is 2.05. The minimum absolute atomic E-state index is 0.0855. The maximum absolute atomic E-state index is 11.6. The maximum Gasteiger partial charge on any atom is 0.106 e. The topological polar surface area (TPSA) is 85.1 Å². The van der Waals surface area contributed by atoms with E-state index in [2.05, 4.69) is 10.5 Å². The standard InChI is InChI=1S/C10H14ClN2O3S/c1-7-5-9(10(16-2)6-8(7)11)13-17(14,15)4-3-12/h5-6H,3-4,12H2,1-2H3/q-1/p+1. The number of hydrogen-bond acceptors (Lipinski definition) is 3. The van der Waals surface area contributed by atoms with Crippen molar-refractivity contribution in [3.05, 3.63) is 27.4 Å². The monoisotopic (exact) mass is 278 g/mol. The maximum atomic E-state index is 11.6. The molecule has 0 unspecified atom stereocenters. The molecule has 0 heterocycles. The van der Waals surface area contributed by atoms with E-state index in [9.17, 15) is 8.42 Å². The molecule has 3 N–H and O–H groups in total. The van der Waals surface area contributed by atoms with Gasteiger partial charge in [0.1, 0.15) is 5.75 Å². The van der Waals surface area contributed by atoms with Gasteiger partial charge in [0.05, 0.1) is 29.4 Å². The highest BCUT2D eigenvalue weighted by Gasteiger charge is 2.05. The molecule has 1 aromatic carbocycles. The second-order valence-corrected chi connectivity index (χ2v) is 5.67. The van der Waals surface area contributed by atoms with Crippen LogP contribution in [0.25, 0.3) is 4.72 Å². The zero-order valence-corrected chi connectivity index (χ0v) is 11.3. The molecule has 1 rings (SSSR count). The second kappa shape index (κ2) is 5.57. The number of benzene rings is 1. The Morgan fingerprint density at radius 3 is 2.65 bits per heavy atom. The van der Waals surface area contributed by atoms with Crippen LogP contribution in [0.2, 0.25) is 5.02 Å². The van der Waals surface area contributed by atoms with Gasteiger partial charge in [-0.15, -0.1) is 0 Å². The molecular weight excluding hydrogens is 264 g/mol. The summed E-state index contributed by atoms with van der Waals surface area (Å²) in [5, 5.41) is 0.510. The molecule has 0 aromatic heterocycles. The molecule has 5 nitrogen and oxygen atoms in total. The average molecular weight is 279 g/mol. The molecule has 0 aliphatic carbocycles. The number of quaternary nitrogens is 1. The van der Waals surface area contributed by atoms with E-state index >= 15 is 0 Å². The fourth-order valence-corrected chi connectivity index (χ4v) is 2.31. The molecule has 17 heavy (non-hydrogen) atoms. The molecule has 0 aliphatic heterocycles. The summed E-state index contributed by atoms with van der Waals surface area (Å²) in [6.07, 6.45) is 0. The highest BCUT2D eigenvalue weighted by atomic mass is 35.5. The second-order valence-electron chi connectivity index (χ2n) is 3.50. The van der Waals surface area contributed by atoms with Gasteiger partial charge in [-0.1, -0.05) is 23.4 Å². The van der Waals surface area contributed by atoms with Crippen molar-refractivity contribution in [2.45, 2.75) is 6.92 Å². The molecular formula is C10H15ClN2O3S. The summed E-state index contributed by atoms with van der Waals surface area (Å²) in [4.78, 5) is 0. The van der Waals surface area contributed by atoms with Gasteiger partial charge in [-0.05, 0) is 18.6 Å². The Morgan fingerprint density at radius 1 is 1.47 bits per heavy atom. The van der Waals surface area contributed by atoms with E-state index in [1.807, 2.05) is 0 Å². The molecule has 0 saturated carbocycles. The van der Waals surface area contributed by atoms with Crippen molar-refractivity contribution < 1.29 is 18.9 Å². The molecule has 0 fully saturated rings. The predicted molar refractivity (Wildman–Crippen MR) is 67.3 cm³/mol. The molecule has 0 atom stereocenters. The van der Waals surface area contributed by atoms with Gasteiger partial charge in [-0.25, -0.2) is 8.42 Å². The van der Waals surface area contributed by atoms with Gasteiger partial charge in [0, 0.05) is 5.02 Å². The minimum Gasteiger partial charge on any atom is -0.574 e. The minimum atomic E-state index is -3.51. The number of halogens is 1. The summed E-state index contributed by atoms with van der Waals surface area (Å²) >= 11 is 5.92. The number of nitrogens with zero attached hydrogens (tertiary/aromatic N) is 1. The molecule has 0 amide bonds. The number of aryl methyl sites for hydroxylation is 1. The van der Waals surface area contributed by atoms with Crippen LogP contribution in [0.4, 0.5) is 5.69 Å². The number of sulfonamides is 1. The van der Waals surface area contributed by atoms with Crippen molar-refractivity contribution in [3.8, 4) is 5.75 Å². The van der Waals surface area contributed by atoms with E-state index in [0.29, 0.717) is 10.8 Å². The first-order chi connectivity index (χ1) is 7.89. The molecule has 96 valence electrons. The molecule has 0 aliphatic rings. The van der Waals surface area contributed by atoms with Crippen LogP contribution < -0.4 is 10.5 Å². The molecule has 0 radical (unpaired) electrons. The number of ether oxygens (including phenoxy) is 1. The van der Waals surface area contributed by atoms with Crippen molar-refractivity contribution in [2.75, 3.05) is 19.4 Å². The Kier molecular flexibility index (Phi) is 4.62. The Bertz CT molecular complexity index is 503. The smallest absolute Gasteiger partial charge is 0.106 e. The highest BCUT2D eigenvalue weighted by molar-refractivity contribution is 7.94. The zero-order chi connectivity index (χ0) is 13.1. The SMILES string of the molecule is COc1cc(Cl)c(C)cc1[N-]S(=O)(=O)CC[NH3+]. The van der Waals surface area contributed by atoms with Crippen LogP contribution in [0.1, 0.15) is 5.56 Å². The first kappa shape index (κ1) is 14.1. The van der Waals surface area contributed by atoms with Gasteiger partial charge < -0.3 is 15.2 Å². The highest BCUT2D eigenvalue weighted by Crippen LogP contribution is 2.37. The van der Waals surface area contributed by atoms with Gasteiger partial charge in [0.15, 0.2) is 0 Å². The van der Waals surface area contributed by atoms with Crippen LogP contribution in [0, 0.1) is 6.92 Å². The number of hydrogen-bond donors (Lipinski definition) is 1. The summed E-state index contributed by atoms with van der Waals surface area (Å²) in [5.41, 5.74) is 4.51. The fourth-order valence-electron chi connectivity index (χ4n) is 1.26. The lowest BCUT2D eigenvalue weighted by Crippen LogP contribution is -2.52. The normalized spacial score (nSPS) is 11.3. The van der Waals surface area contributed by atoms with Crippen LogP contribution in [-0.4, -0.2) is 27.8 Å². The van der Waals surface area contributed by atoms with Crippen LogP contribution in [0.15, 0.2) is 12.1 Å². The fraction of sp³-hybridized carbons (Fsp3) is 0.400. The Hall–Kier alpha value is -0.980. The quantitative estimate of drug-likeness (QED) is 0.879.